The minimum absolute atomic E-state index is 0.122. The summed E-state index contributed by atoms with van der Waals surface area (Å²) >= 11 is 12.4. The average molecular weight is 637 g/mol. The Labute approximate surface area is 272 Å². The highest BCUT2D eigenvalue weighted by Crippen LogP contribution is 2.44. The van der Waals surface area contributed by atoms with Gasteiger partial charge in [0.2, 0.25) is 5.72 Å². The van der Waals surface area contributed by atoms with E-state index >= 15 is 0 Å². The van der Waals surface area contributed by atoms with Crippen LogP contribution in [0.1, 0.15) is 54.8 Å². The lowest BCUT2D eigenvalue weighted by Crippen LogP contribution is -2.51. The van der Waals surface area contributed by atoms with Gasteiger partial charge in [-0.25, -0.2) is 9.79 Å². The molecule has 3 unspecified atom stereocenters. The van der Waals surface area contributed by atoms with Crippen molar-refractivity contribution in [1.29, 1.82) is 0 Å². The van der Waals surface area contributed by atoms with E-state index < -0.39 is 11.9 Å². The van der Waals surface area contributed by atoms with E-state index in [0.717, 1.165) is 55.7 Å². The Morgan fingerprint density at radius 1 is 0.932 bits per heavy atom. The topological polar surface area (TPSA) is 54.4 Å². The molecule has 1 aliphatic heterocycles. The van der Waals surface area contributed by atoms with Crippen LogP contribution in [0.5, 0.6) is 0 Å². The van der Waals surface area contributed by atoms with Gasteiger partial charge in [-0.1, -0.05) is 90.6 Å². The van der Waals surface area contributed by atoms with E-state index in [9.17, 15) is 4.79 Å². The molecule has 0 bridgehead atoms. The van der Waals surface area contributed by atoms with Crippen molar-refractivity contribution in [3.05, 3.63) is 106 Å². The molecule has 0 saturated heterocycles. The highest BCUT2D eigenvalue weighted by atomic mass is 35.5. The minimum atomic E-state index is -1.09. The molecule has 3 aromatic rings. The molecule has 0 spiro atoms. The maximum absolute atomic E-state index is 12.7. The normalized spacial score (nSPS) is 24.0. The minimum Gasteiger partial charge on any atom is -0.438 e. The van der Waals surface area contributed by atoms with Gasteiger partial charge in [-0.15, -0.1) is 0 Å². The van der Waals surface area contributed by atoms with Crippen LogP contribution in [0.2, 0.25) is 10.0 Å². The molecule has 5 rings (SSSR count). The van der Waals surface area contributed by atoms with Crippen molar-refractivity contribution in [3.8, 4) is 0 Å². The first-order chi connectivity index (χ1) is 21.3. The third-order valence-electron chi connectivity index (χ3n) is 9.31. The maximum Gasteiger partial charge on any atom is 0.510 e. The van der Waals surface area contributed by atoms with Crippen LogP contribution in [0.4, 0.5) is 4.79 Å². The van der Waals surface area contributed by atoms with Gasteiger partial charge in [0, 0.05) is 29.1 Å². The molecule has 0 radical (unpaired) electrons. The Balaban J connectivity index is 1.36. The van der Waals surface area contributed by atoms with Crippen molar-refractivity contribution < 1.29 is 14.3 Å². The predicted octanol–water partition coefficient (Wildman–Crippen LogP) is 8.47. The molecule has 1 heterocycles. The Hall–Kier alpha value is -3.06. The van der Waals surface area contributed by atoms with Crippen LogP contribution >= 0.6 is 23.2 Å². The number of methoxy groups -OCH3 is 1. The number of benzene rings is 3. The molecule has 44 heavy (non-hydrogen) atoms. The van der Waals surface area contributed by atoms with Crippen LogP contribution in [-0.4, -0.2) is 61.8 Å². The third-order valence-corrected chi connectivity index (χ3v) is 9.81. The van der Waals surface area contributed by atoms with Gasteiger partial charge in [0.1, 0.15) is 0 Å². The first-order valence-corrected chi connectivity index (χ1v) is 16.3. The fourth-order valence-corrected chi connectivity index (χ4v) is 7.37. The molecule has 1 aliphatic carbocycles. The standard InChI is InChI=1S/C36H43Cl2N3O3/c1-40(2)34(30-15-19-32(38)20-16-30)29-13-9-27(10-14-29)23-33-36(44-35(42)43-3,24-28-11-17-31(37)18-12-28)39-25-41(33)22-21-26-7-5-4-6-8-26/h4-8,11-12,15-20,25,27,29,33-34H,9-10,13-14,21-24H2,1-3H3. The molecule has 8 heteroatoms. The molecule has 3 atom stereocenters. The van der Waals surface area contributed by atoms with E-state index in [4.69, 9.17) is 37.7 Å². The van der Waals surface area contributed by atoms with Crippen molar-refractivity contribution in [2.45, 2.75) is 62.8 Å². The number of halogens is 2. The van der Waals surface area contributed by atoms with Gasteiger partial charge in [-0.2, -0.15) is 0 Å². The van der Waals surface area contributed by atoms with Gasteiger partial charge in [0.25, 0.3) is 0 Å². The van der Waals surface area contributed by atoms with E-state index in [-0.39, 0.29) is 6.04 Å². The van der Waals surface area contributed by atoms with Gasteiger partial charge in [-0.05, 0) is 92.6 Å². The zero-order valence-electron chi connectivity index (χ0n) is 25.9. The molecule has 1 saturated carbocycles. The first kappa shape index (κ1) is 32.3. The summed E-state index contributed by atoms with van der Waals surface area (Å²) in [5.74, 6) is 1.04. The molecule has 0 amide bonds. The molecule has 0 aromatic heterocycles. The zero-order chi connectivity index (χ0) is 31.1. The van der Waals surface area contributed by atoms with Crippen molar-refractivity contribution in [3.63, 3.8) is 0 Å². The van der Waals surface area contributed by atoms with Gasteiger partial charge in [0.05, 0.1) is 19.5 Å². The summed E-state index contributed by atoms with van der Waals surface area (Å²) in [6.07, 6.45) is 7.85. The average Bonchev–Trinajstić information content (AvgIpc) is 3.35. The molecule has 3 aromatic carbocycles. The molecular formula is C36H43Cl2N3O3. The summed E-state index contributed by atoms with van der Waals surface area (Å²) in [5.41, 5.74) is 2.49. The smallest absolute Gasteiger partial charge is 0.438 e. The Kier molecular flexibility index (Phi) is 10.9. The van der Waals surface area contributed by atoms with E-state index in [2.05, 4.69) is 60.3 Å². The second-order valence-corrected chi connectivity index (χ2v) is 13.3. The van der Waals surface area contributed by atoms with Crippen LogP contribution < -0.4 is 0 Å². The lowest BCUT2D eigenvalue weighted by molar-refractivity contribution is -0.0570. The Bertz CT molecular complexity index is 1380. The molecule has 2 aliphatic rings. The lowest BCUT2D eigenvalue weighted by Gasteiger charge is -2.41. The number of hydrogen-bond donors (Lipinski definition) is 0. The quantitative estimate of drug-likeness (QED) is 0.198. The summed E-state index contributed by atoms with van der Waals surface area (Å²) in [6.45, 7) is 0.777. The van der Waals surface area contributed by atoms with Gasteiger partial charge >= 0.3 is 6.16 Å². The fraction of sp³-hybridized carbons (Fsp3) is 0.444. The zero-order valence-corrected chi connectivity index (χ0v) is 27.4. The SMILES string of the molecule is COC(=O)OC1(Cc2ccc(Cl)cc2)N=CN(CCc2ccccc2)C1CC1CCC(C(c2ccc(Cl)cc2)N(C)C)CC1. The third kappa shape index (κ3) is 7.96. The first-order valence-electron chi connectivity index (χ1n) is 15.5. The fourth-order valence-electron chi connectivity index (χ4n) is 7.12. The monoisotopic (exact) mass is 635 g/mol. The molecule has 234 valence electrons. The number of carbonyl (C=O) groups excluding carboxylic acids is 1. The van der Waals surface area contributed by atoms with E-state index in [1.165, 1.54) is 18.2 Å². The summed E-state index contributed by atoms with van der Waals surface area (Å²) in [6, 6.07) is 26.7. The number of nitrogens with zero attached hydrogens (tertiary/aromatic N) is 3. The molecular weight excluding hydrogens is 593 g/mol. The number of rotatable bonds is 11. The summed E-state index contributed by atoms with van der Waals surface area (Å²) in [5, 5.41) is 1.43. The van der Waals surface area contributed by atoms with Crippen molar-refractivity contribution in [2.24, 2.45) is 16.8 Å². The Morgan fingerprint density at radius 2 is 1.57 bits per heavy atom. The second kappa shape index (κ2) is 14.8. The highest BCUT2D eigenvalue weighted by molar-refractivity contribution is 6.30. The van der Waals surface area contributed by atoms with Crippen LogP contribution in [0, 0.1) is 11.8 Å². The molecule has 1 fully saturated rings. The number of carbonyl (C=O) groups is 1. The van der Waals surface area contributed by atoms with Crippen molar-refractivity contribution in [1.82, 2.24) is 9.80 Å². The van der Waals surface area contributed by atoms with Crippen LogP contribution in [-0.2, 0) is 22.3 Å². The summed E-state index contributed by atoms with van der Waals surface area (Å²) < 4.78 is 11.1. The predicted molar refractivity (Wildman–Crippen MR) is 178 cm³/mol. The summed E-state index contributed by atoms with van der Waals surface area (Å²) in [7, 11) is 5.69. The van der Waals surface area contributed by atoms with E-state index in [0.29, 0.717) is 29.3 Å². The molecule has 0 N–H and O–H groups in total. The van der Waals surface area contributed by atoms with Crippen LogP contribution in [0.25, 0.3) is 0 Å². The second-order valence-electron chi connectivity index (χ2n) is 12.4. The van der Waals surface area contributed by atoms with Crippen molar-refractivity contribution >= 4 is 35.7 Å². The highest BCUT2D eigenvalue weighted by Gasteiger charge is 2.50. The maximum atomic E-state index is 12.7. The van der Waals surface area contributed by atoms with E-state index in [1.807, 2.05) is 48.8 Å². The van der Waals surface area contributed by atoms with Gasteiger partial charge in [-0.3, -0.25) is 0 Å². The number of ether oxygens (including phenoxy) is 2. The van der Waals surface area contributed by atoms with Crippen LogP contribution in [0.3, 0.4) is 0 Å². The molecule has 6 nitrogen and oxygen atoms in total. The van der Waals surface area contributed by atoms with Crippen LogP contribution in [0.15, 0.2) is 83.9 Å². The summed E-state index contributed by atoms with van der Waals surface area (Å²) in [4.78, 5) is 22.3. The largest absolute Gasteiger partial charge is 0.510 e. The Morgan fingerprint density at radius 3 is 2.18 bits per heavy atom. The van der Waals surface area contributed by atoms with E-state index in [1.54, 1.807) is 0 Å². The lowest BCUT2D eigenvalue weighted by atomic mass is 9.73. The van der Waals surface area contributed by atoms with Gasteiger partial charge < -0.3 is 19.3 Å². The number of hydrogen-bond acceptors (Lipinski definition) is 6. The van der Waals surface area contributed by atoms with Gasteiger partial charge in [0.15, 0.2) is 0 Å². The van der Waals surface area contributed by atoms with Crippen molar-refractivity contribution in [2.75, 3.05) is 27.7 Å². The number of aliphatic imine (C=N–C) groups is 1.